The van der Waals surface area contributed by atoms with Crippen molar-refractivity contribution < 1.29 is 26.2 Å². The van der Waals surface area contributed by atoms with Gasteiger partial charge in [0, 0.05) is 49.3 Å². The number of fused-ring (bicyclic) bond motifs is 4. The van der Waals surface area contributed by atoms with E-state index < -0.39 is 5.41 Å². The Kier molecular flexibility index (Phi) is 5.45. The molecule has 0 radical (unpaired) electrons. The number of hydrogen-bond acceptors (Lipinski definition) is 4. The van der Waals surface area contributed by atoms with Gasteiger partial charge in [-0.1, -0.05) is 62.5 Å². The SMILES string of the molecule is CC(C)(c1[c-]c2c(nc1)c1ccccc1n2-c1ccccn1)c1ccc2cccc(O)c2n1.[Pt]. The topological polar surface area (TPSA) is 63.8 Å². The van der Waals surface area contributed by atoms with Gasteiger partial charge in [0.1, 0.15) is 17.1 Å². The molecule has 2 aromatic carbocycles. The normalized spacial score (nSPS) is 11.7. The maximum atomic E-state index is 10.3. The van der Waals surface area contributed by atoms with Crippen LogP contribution in [0, 0.1) is 6.07 Å². The van der Waals surface area contributed by atoms with E-state index in [1.165, 1.54) is 0 Å². The Morgan fingerprint density at radius 3 is 2.50 bits per heavy atom. The Hall–Kier alpha value is -3.56. The van der Waals surface area contributed by atoms with Gasteiger partial charge in [-0.05, 0) is 46.8 Å². The molecule has 0 atom stereocenters. The quantitative estimate of drug-likeness (QED) is 0.247. The molecule has 1 N–H and O–H groups in total. The summed E-state index contributed by atoms with van der Waals surface area (Å²) in [6.45, 7) is 4.21. The second-order valence-electron chi connectivity index (χ2n) is 8.70. The van der Waals surface area contributed by atoms with E-state index in [2.05, 4.69) is 41.6 Å². The molecule has 0 spiro atoms. The third kappa shape index (κ3) is 3.39. The van der Waals surface area contributed by atoms with Gasteiger partial charge in [0.05, 0.1) is 0 Å². The van der Waals surface area contributed by atoms with Crippen LogP contribution >= 0.6 is 0 Å². The summed E-state index contributed by atoms with van der Waals surface area (Å²) in [6.07, 6.45) is 3.68. The first-order chi connectivity index (χ1) is 16.0. The minimum atomic E-state index is -0.483. The van der Waals surface area contributed by atoms with Gasteiger partial charge in [-0.15, -0.1) is 5.56 Å². The molecule has 34 heavy (non-hydrogen) atoms. The fourth-order valence-electron chi connectivity index (χ4n) is 4.42. The standard InChI is InChI=1S/C28H21N4O.Pt/c1-28(2,24-14-13-18-8-7-11-23(33)26(18)31-24)19-16-22-27(30-17-19)20-9-3-4-10-21(20)32(22)25-12-5-6-15-29-25;/h3-15,17,33H,1-2H3;/q-1;. The summed E-state index contributed by atoms with van der Waals surface area (Å²) in [6, 6.07) is 27.2. The number of benzene rings is 2. The van der Waals surface area contributed by atoms with E-state index in [1.807, 2.05) is 60.8 Å². The molecule has 5 nitrogen and oxygen atoms in total. The average molecular weight is 625 g/mol. The van der Waals surface area contributed by atoms with Crippen molar-refractivity contribution in [3.05, 3.63) is 103 Å². The van der Waals surface area contributed by atoms with E-state index >= 15 is 0 Å². The Labute approximate surface area is 211 Å². The summed E-state index contributed by atoms with van der Waals surface area (Å²) in [7, 11) is 0. The molecule has 4 aromatic heterocycles. The van der Waals surface area contributed by atoms with Gasteiger partial charge in [-0.3, -0.25) is 0 Å². The molecule has 0 fully saturated rings. The van der Waals surface area contributed by atoms with Crippen LogP contribution in [0.25, 0.3) is 38.7 Å². The number of hydrogen-bond donors (Lipinski definition) is 1. The molecule has 4 heterocycles. The van der Waals surface area contributed by atoms with Gasteiger partial charge in [0.15, 0.2) is 0 Å². The first-order valence-electron chi connectivity index (χ1n) is 10.9. The number of para-hydroxylation sites is 2. The van der Waals surface area contributed by atoms with Gasteiger partial charge < -0.3 is 14.7 Å². The summed E-state index contributed by atoms with van der Waals surface area (Å²) in [5.74, 6) is 1.00. The molecule has 0 aliphatic heterocycles. The van der Waals surface area contributed by atoms with Crippen molar-refractivity contribution in [3.8, 4) is 11.6 Å². The van der Waals surface area contributed by atoms with E-state index in [-0.39, 0.29) is 26.8 Å². The minimum Gasteiger partial charge on any atom is -0.506 e. The zero-order chi connectivity index (χ0) is 22.6. The van der Waals surface area contributed by atoms with Crippen molar-refractivity contribution >= 4 is 32.8 Å². The molecule has 0 unspecified atom stereocenters. The Balaban J connectivity index is 0.00000241. The minimum absolute atomic E-state index is 0. The van der Waals surface area contributed by atoms with Crippen molar-refractivity contribution in [2.45, 2.75) is 19.3 Å². The maximum absolute atomic E-state index is 10.3. The molecule has 6 rings (SSSR count). The number of phenolic OH excluding ortho intramolecular Hbond substituents is 1. The van der Waals surface area contributed by atoms with Crippen LogP contribution in [0.2, 0.25) is 0 Å². The van der Waals surface area contributed by atoms with E-state index in [0.29, 0.717) is 5.52 Å². The average Bonchev–Trinajstić information content (AvgIpc) is 3.18. The summed E-state index contributed by atoms with van der Waals surface area (Å²) in [5, 5.41) is 12.3. The zero-order valence-corrected chi connectivity index (χ0v) is 20.9. The molecular formula is C28H21N4OPt-. The third-order valence-electron chi connectivity index (χ3n) is 6.31. The van der Waals surface area contributed by atoms with Crippen LogP contribution in [0.4, 0.5) is 0 Å². The predicted octanol–water partition coefficient (Wildman–Crippen LogP) is 5.95. The Bertz CT molecular complexity index is 1660. The van der Waals surface area contributed by atoms with E-state index in [9.17, 15) is 5.11 Å². The van der Waals surface area contributed by atoms with Crippen LogP contribution in [0.1, 0.15) is 25.1 Å². The number of aromatic nitrogens is 4. The maximum Gasteiger partial charge on any atom is 0.141 e. The molecule has 0 aliphatic rings. The van der Waals surface area contributed by atoms with Crippen LogP contribution in [0.15, 0.2) is 85.2 Å². The molecule has 0 saturated heterocycles. The van der Waals surface area contributed by atoms with Crippen molar-refractivity contribution in [1.82, 2.24) is 19.5 Å². The Morgan fingerprint density at radius 1 is 0.853 bits per heavy atom. The number of rotatable bonds is 3. The van der Waals surface area contributed by atoms with Crippen LogP contribution < -0.4 is 0 Å². The van der Waals surface area contributed by atoms with Gasteiger partial charge in [0.25, 0.3) is 0 Å². The van der Waals surface area contributed by atoms with E-state index in [1.54, 1.807) is 12.3 Å². The zero-order valence-electron chi connectivity index (χ0n) is 18.6. The summed E-state index contributed by atoms with van der Waals surface area (Å²) in [4.78, 5) is 14.3. The van der Waals surface area contributed by atoms with Gasteiger partial charge in [0.2, 0.25) is 0 Å². The predicted molar refractivity (Wildman–Crippen MR) is 131 cm³/mol. The molecule has 170 valence electrons. The fourth-order valence-corrected chi connectivity index (χ4v) is 4.42. The van der Waals surface area contributed by atoms with Gasteiger partial charge in [-0.2, -0.15) is 6.07 Å². The second kappa shape index (κ2) is 8.34. The number of nitrogens with zero attached hydrogens (tertiary/aromatic N) is 4. The van der Waals surface area contributed by atoms with Crippen LogP contribution in [0.3, 0.4) is 0 Å². The van der Waals surface area contributed by atoms with E-state index in [4.69, 9.17) is 9.97 Å². The van der Waals surface area contributed by atoms with Crippen molar-refractivity contribution in [2.24, 2.45) is 0 Å². The van der Waals surface area contributed by atoms with Crippen molar-refractivity contribution in [3.63, 3.8) is 0 Å². The van der Waals surface area contributed by atoms with Crippen LogP contribution in [-0.4, -0.2) is 24.6 Å². The van der Waals surface area contributed by atoms with Crippen LogP contribution in [0.5, 0.6) is 5.75 Å². The first-order valence-corrected chi connectivity index (χ1v) is 10.9. The summed E-state index contributed by atoms with van der Waals surface area (Å²) >= 11 is 0. The number of phenols is 1. The molecule has 0 bridgehead atoms. The molecule has 0 saturated carbocycles. The first kappa shape index (κ1) is 22.2. The second-order valence-corrected chi connectivity index (χ2v) is 8.70. The summed E-state index contributed by atoms with van der Waals surface area (Å²) < 4.78 is 2.11. The largest absolute Gasteiger partial charge is 0.506 e. The molecule has 6 heteroatoms. The Morgan fingerprint density at radius 2 is 1.68 bits per heavy atom. The van der Waals surface area contributed by atoms with Crippen LogP contribution in [-0.2, 0) is 26.5 Å². The fraction of sp³-hybridized carbons (Fsp3) is 0.107. The summed E-state index contributed by atoms with van der Waals surface area (Å²) in [5.41, 5.74) is 4.68. The molecular weight excluding hydrogens is 603 g/mol. The van der Waals surface area contributed by atoms with Gasteiger partial charge in [-0.25, -0.2) is 9.97 Å². The monoisotopic (exact) mass is 624 g/mol. The van der Waals surface area contributed by atoms with Crippen molar-refractivity contribution in [1.29, 1.82) is 0 Å². The molecule has 6 aromatic rings. The number of aromatic hydroxyl groups is 1. The van der Waals surface area contributed by atoms with E-state index in [0.717, 1.165) is 44.4 Å². The smallest absolute Gasteiger partial charge is 0.141 e. The number of pyridine rings is 3. The van der Waals surface area contributed by atoms with Crippen molar-refractivity contribution in [2.75, 3.05) is 0 Å². The molecule has 0 amide bonds. The third-order valence-corrected chi connectivity index (χ3v) is 6.31. The van der Waals surface area contributed by atoms with Gasteiger partial charge >= 0.3 is 0 Å². The molecule has 0 aliphatic carbocycles.